The fourth-order valence-corrected chi connectivity index (χ4v) is 2.56. The van der Waals surface area contributed by atoms with Gasteiger partial charge >= 0.3 is 0 Å². The summed E-state index contributed by atoms with van der Waals surface area (Å²) in [6, 6.07) is 6.20. The van der Waals surface area contributed by atoms with Crippen LogP contribution >= 0.6 is 0 Å². The van der Waals surface area contributed by atoms with E-state index in [0.717, 1.165) is 38.1 Å². The summed E-state index contributed by atoms with van der Waals surface area (Å²) in [6.45, 7) is 7.13. The molecule has 0 atom stereocenters. The molecule has 1 aliphatic rings. The lowest BCUT2D eigenvalue weighted by Gasteiger charge is -2.37. The lowest BCUT2D eigenvalue weighted by atomic mass is 9.86. The van der Waals surface area contributed by atoms with Crippen molar-refractivity contribution in [1.29, 1.82) is 0 Å². The molecule has 1 aliphatic heterocycles. The van der Waals surface area contributed by atoms with Gasteiger partial charge in [0.05, 0.1) is 6.61 Å². The van der Waals surface area contributed by atoms with Crippen LogP contribution in [0.15, 0.2) is 18.2 Å². The number of likely N-dealkylation sites (tertiary alicyclic amines) is 1. The predicted molar refractivity (Wildman–Crippen MR) is 79.7 cm³/mol. The Bertz CT molecular complexity index is 423. The summed E-state index contributed by atoms with van der Waals surface area (Å²) >= 11 is 0. The average Bonchev–Trinajstić information content (AvgIpc) is 2.39. The van der Waals surface area contributed by atoms with Crippen molar-refractivity contribution in [2.45, 2.75) is 38.6 Å². The average molecular weight is 262 g/mol. The van der Waals surface area contributed by atoms with Crippen LogP contribution in [0.3, 0.4) is 0 Å². The molecule has 0 unspecified atom stereocenters. The van der Waals surface area contributed by atoms with Crippen LogP contribution in [-0.4, -0.2) is 37.2 Å². The standard InChI is InChI=1S/C16H26N2O/c1-13-5-4-6-15(14(13)2)19-12-9-16(17)7-10-18(3)11-8-16/h4-6H,7-12,17H2,1-3H3. The summed E-state index contributed by atoms with van der Waals surface area (Å²) in [5, 5.41) is 0. The molecule has 0 spiro atoms. The van der Waals surface area contributed by atoms with Crippen LogP contribution in [0, 0.1) is 13.8 Å². The van der Waals surface area contributed by atoms with Gasteiger partial charge in [0, 0.05) is 5.54 Å². The van der Waals surface area contributed by atoms with Crippen molar-refractivity contribution in [3.63, 3.8) is 0 Å². The largest absolute Gasteiger partial charge is 0.493 e. The Morgan fingerprint density at radius 2 is 1.95 bits per heavy atom. The molecule has 0 aliphatic carbocycles. The first kappa shape index (κ1) is 14.4. The molecule has 0 amide bonds. The maximum absolute atomic E-state index is 6.45. The van der Waals surface area contributed by atoms with Gasteiger partial charge in [0.25, 0.3) is 0 Å². The number of hydrogen-bond acceptors (Lipinski definition) is 3. The minimum Gasteiger partial charge on any atom is -0.493 e. The van der Waals surface area contributed by atoms with Gasteiger partial charge in [-0.2, -0.15) is 0 Å². The van der Waals surface area contributed by atoms with Crippen LogP contribution in [0.4, 0.5) is 0 Å². The van der Waals surface area contributed by atoms with E-state index in [9.17, 15) is 0 Å². The Morgan fingerprint density at radius 1 is 1.26 bits per heavy atom. The Morgan fingerprint density at radius 3 is 2.63 bits per heavy atom. The molecule has 2 rings (SSSR count). The Balaban J connectivity index is 1.85. The van der Waals surface area contributed by atoms with Crippen LogP contribution in [0.2, 0.25) is 0 Å². The number of rotatable bonds is 4. The maximum Gasteiger partial charge on any atom is 0.122 e. The van der Waals surface area contributed by atoms with Gasteiger partial charge in [-0.3, -0.25) is 0 Å². The van der Waals surface area contributed by atoms with Gasteiger partial charge in [0.1, 0.15) is 5.75 Å². The molecular formula is C16H26N2O. The van der Waals surface area contributed by atoms with Gasteiger partial charge in [-0.05, 0) is 70.4 Å². The highest BCUT2D eigenvalue weighted by molar-refractivity contribution is 5.38. The molecule has 0 saturated carbocycles. The van der Waals surface area contributed by atoms with E-state index in [1.165, 1.54) is 11.1 Å². The van der Waals surface area contributed by atoms with Gasteiger partial charge in [0.15, 0.2) is 0 Å². The third-order valence-corrected chi connectivity index (χ3v) is 4.40. The van der Waals surface area contributed by atoms with E-state index in [-0.39, 0.29) is 5.54 Å². The van der Waals surface area contributed by atoms with E-state index < -0.39 is 0 Å². The molecule has 1 saturated heterocycles. The fourth-order valence-electron chi connectivity index (χ4n) is 2.56. The zero-order valence-electron chi connectivity index (χ0n) is 12.4. The van der Waals surface area contributed by atoms with E-state index in [1.54, 1.807) is 0 Å². The number of aryl methyl sites for hydroxylation is 1. The Labute approximate surface area is 116 Å². The highest BCUT2D eigenvalue weighted by Gasteiger charge is 2.29. The quantitative estimate of drug-likeness (QED) is 0.906. The number of hydrogen-bond donors (Lipinski definition) is 1. The van der Waals surface area contributed by atoms with Gasteiger partial charge < -0.3 is 15.4 Å². The van der Waals surface area contributed by atoms with E-state index in [1.807, 2.05) is 12.1 Å². The molecule has 1 aromatic carbocycles. The summed E-state index contributed by atoms with van der Waals surface area (Å²) in [5.74, 6) is 0.997. The second-order valence-corrected chi connectivity index (χ2v) is 5.96. The van der Waals surface area contributed by atoms with Crippen molar-refractivity contribution in [1.82, 2.24) is 4.90 Å². The van der Waals surface area contributed by atoms with Crippen molar-refractivity contribution in [2.75, 3.05) is 26.7 Å². The van der Waals surface area contributed by atoms with Crippen LogP contribution in [0.5, 0.6) is 5.75 Å². The first-order valence-electron chi connectivity index (χ1n) is 7.17. The number of nitrogens with two attached hydrogens (primary N) is 1. The van der Waals surface area contributed by atoms with Crippen molar-refractivity contribution < 1.29 is 4.74 Å². The minimum absolute atomic E-state index is 0.0375. The normalized spacial score (nSPS) is 19.4. The number of ether oxygens (including phenoxy) is 1. The lowest BCUT2D eigenvalue weighted by Crippen LogP contribution is -2.50. The van der Waals surface area contributed by atoms with Crippen molar-refractivity contribution in [2.24, 2.45) is 5.73 Å². The minimum atomic E-state index is -0.0375. The van der Waals surface area contributed by atoms with E-state index in [0.29, 0.717) is 6.61 Å². The number of nitrogens with zero attached hydrogens (tertiary/aromatic N) is 1. The smallest absolute Gasteiger partial charge is 0.122 e. The zero-order chi connectivity index (χ0) is 13.9. The van der Waals surface area contributed by atoms with E-state index in [2.05, 4.69) is 31.9 Å². The highest BCUT2D eigenvalue weighted by Crippen LogP contribution is 2.24. The van der Waals surface area contributed by atoms with Gasteiger partial charge in [0.2, 0.25) is 0 Å². The summed E-state index contributed by atoms with van der Waals surface area (Å²) < 4.78 is 5.92. The lowest BCUT2D eigenvalue weighted by molar-refractivity contribution is 0.159. The van der Waals surface area contributed by atoms with Crippen molar-refractivity contribution >= 4 is 0 Å². The van der Waals surface area contributed by atoms with Crippen molar-refractivity contribution in [3.8, 4) is 5.75 Å². The molecule has 1 aromatic rings. The molecular weight excluding hydrogens is 236 g/mol. The molecule has 19 heavy (non-hydrogen) atoms. The number of piperidine rings is 1. The summed E-state index contributed by atoms with van der Waals surface area (Å²) in [7, 11) is 2.16. The van der Waals surface area contributed by atoms with E-state index in [4.69, 9.17) is 10.5 Å². The fraction of sp³-hybridized carbons (Fsp3) is 0.625. The van der Waals surface area contributed by atoms with Crippen LogP contribution in [-0.2, 0) is 0 Å². The molecule has 1 fully saturated rings. The molecule has 1 heterocycles. The molecule has 0 bridgehead atoms. The molecule has 106 valence electrons. The summed E-state index contributed by atoms with van der Waals surface area (Å²) in [5.41, 5.74) is 8.92. The number of benzene rings is 1. The SMILES string of the molecule is Cc1cccc(OCCC2(N)CCN(C)CC2)c1C. The predicted octanol–water partition coefficient (Wildman–Crippen LogP) is 2.50. The van der Waals surface area contributed by atoms with Crippen LogP contribution in [0.25, 0.3) is 0 Å². The molecule has 0 aromatic heterocycles. The van der Waals surface area contributed by atoms with Crippen LogP contribution < -0.4 is 10.5 Å². The first-order chi connectivity index (χ1) is 9.00. The third-order valence-electron chi connectivity index (χ3n) is 4.40. The van der Waals surface area contributed by atoms with Gasteiger partial charge in [-0.25, -0.2) is 0 Å². The third kappa shape index (κ3) is 3.71. The zero-order valence-corrected chi connectivity index (χ0v) is 12.4. The first-order valence-corrected chi connectivity index (χ1v) is 7.17. The maximum atomic E-state index is 6.45. The summed E-state index contributed by atoms with van der Waals surface area (Å²) in [6.07, 6.45) is 3.08. The second-order valence-electron chi connectivity index (χ2n) is 5.96. The molecule has 2 N–H and O–H groups in total. The van der Waals surface area contributed by atoms with Crippen LogP contribution in [0.1, 0.15) is 30.4 Å². The molecule has 3 nitrogen and oxygen atoms in total. The molecule has 3 heteroatoms. The molecule has 0 radical (unpaired) electrons. The van der Waals surface area contributed by atoms with E-state index >= 15 is 0 Å². The van der Waals surface area contributed by atoms with Gasteiger partial charge in [-0.1, -0.05) is 12.1 Å². The topological polar surface area (TPSA) is 38.5 Å². The summed E-state index contributed by atoms with van der Waals surface area (Å²) in [4.78, 5) is 2.34. The Hall–Kier alpha value is -1.06. The Kier molecular flexibility index (Phi) is 4.48. The monoisotopic (exact) mass is 262 g/mol. The highest BCUT2D eigenvalue weighted by atomic mass is 16.5. The van der Waals surface area contributed by atoms with Crippen molar-refractivity contribution in [3.05, 3.63) is 29.3 Å². The second kappa shape index (κ2) is 5.93. The van der Waals surface area contributed by atoms with Gasteiger partial charge in [-0.15, -0.1) is 0 Å².